The molecule has 0 saturated carbocycles. The van der Waals surface area contributed by atoms with Crippen LogP contribution in [0.25, 0.3) is 11.0 Å². The Morgan fingerprint density at radius 3 is 2.33 bits per heavy atom. The normalized spacial score (nSPS) is 18.4. The number of carbonyl (C=O) groups excluding carboxylic acids is 2. The van der Waals surface area contributed by atoms with E-state index in [1.807, 2.05) is 0 Å². The number of benzene rings is 3. The first-order chi connectivity index (χ1) is 20.1. The number of H-pyrrole nitrogens is 1. The number of hydroxylamine groups is 1. The first-order valence-corrected chi connectivity index (χ1v) is 15.7. The number of hydrogen-bond acceptors (Lipinski definition) is 8. The highest BCUT2D eigenvalue weighted by molar-refractivity contribution is 8.23. The van der Waals surface area contributed by atoms with E-state index < -0.39 is 55.0 Å². The summed E-state index contributed by atoms with van der Waals surface area (Å²) in [4.78, 5) is 35.3. The minimum Gasteiger partial charge on any atom is -0.344 e. The number of nitrogens with one attached hydrogen (secondary N) is 2. The summed E-state index contributed by atoms with van der Waals surface area (Å²) in [6.07, 6.45) is -6.01. The Hall–Kier alpha value is -3.96. The van der Waals surface area contributed by atoms with Crippen LogP contribution in [0.2, 0.25) is 0 Å². The number of hydrogen-bond donors (Lipinski definition) is 4. The van der Waals surface area contributed by atoms with E-state index in [2.05, 4.69) is 19.5 Å². The van der Waals surface area contributed by atoms with Crippen molar-refractivity contribution in [3.63, 3.8) is 0 Å². The van der Waals surface area contributed by atoms with Crippen LogP contribution in [0.3, 0.4) is 0 Å². The van der Waals surface area contributed by atoms with Crippen molar-refractivity contribution >= 4 is 43.7 Å². The summed E-state index contributed by atoms with van der Waals surface area (Å²) in [5, 5.41) is -0.925. The third-order valence-electron chi connectivity index (χ3n) is 6.75. The van der Waals surface area contributed by atoms with Crippen LogP contribution >= 0.6 is 10.8 Å². The summed E-state index contributed by atoms with van der Waals surface area (Å²) in [6.45, 7) is 1.69. The largest absolute Gasteiger partial charge is 0.492 e. The second kappa shape index (κ2) is 11.3. The molecule has 5 rings (SSSR count). The van der Waals surface area contributed by atoms with E-state index in [0.29, 0.717) is 27.7 Å². The minimum atomic E-state index is -5.52. The molecule has 3 aromatic carbocycles. The summed E-state index contributed by atoms with van der Waals surface area (Å²) in [5.41, 5.74) is 2.29. The van der Waals surface area contributed by atoms with Crippen molar-refractivity contribution in [1.29, 1.82) is 0 Å². The van der Waals surface area contributed by atoms with Gasteiger partial charge in [-0.25, -0.2) is 18.2 Å². The van der Waals surface area contributed by atoms with Crippen molar-refractivity contribution in [2.24, 2.45) is 0 Å². The Morgan fingerprint density at radius 2 is 1.74 bits per heavy atom. The van der Waals surface area contributed by atoms with Gasteiger partial charge in [0.2, 0.25) is 5.91 Å². The first kappa shape index (κ1) is 30.5. The maximum Gasteiger partial charge on any atom is 0.492 e. The molecule has 1 fully saturated rings. The average molecular weight is 639 g/mol. The monoisotopic (exact) mass is 638 g/mol. The lowest BCUT2D eigenvalue weighted by Crippen LogP contribution is -2.42. The number of aryl methyl sites for hydroxylation is 1. The van der Waals surface area contributed by atoms with Gasteiger partial charge in [-0.2, -0.15) is 13.2 Å². The molecule has 4 aromatic rings. The maximum absolute atomic E-state index is 13.8. The zero-order valence-corrected chi connectivity index (χ0v) is 23.9. The lowest BCUT2D eigenvalue weighted by Gasteiger charge is -2.33. The summed E-state index contributed by atoms with van der Waals surface area (Å²) >= 11 is 0. The van der Waals surface area contributed by atoms with E-state index in [-0.39, 0.29) is 23.1 Å². The third-order valence-corrected chi connectivity index (χ3v) is 10.2. The van der Waals surface area contributed by atoms with Gasteiger partial charge in [-0.3, -0.25) is 18.6 Å². The van der Waals surface area contributed by atoms with Gasteiger partial charge in [0.25, 0.3) is 10.0 Å². The number of imidazole rings is 1. The van der Waals surface area contributed by atoms with Crippen LogP contribution in [0.15, 0.2) is 77.7 Å². The lowest BCUT2D eigenvalue weighted by molar-refractivity contribution is -0.227. The van der Waals surface area contributed by atoms with Crippen molar-refractivity contribution in [3.8, 4) is 0 Å². The number of fused-ring (bicyclic) bond motifs is 1. The van der Waals surface area contributed by atoms with Crippen LogP contribution in [0.4, 0.5) is 13.2 Å². The molecule has 1 aliphatic rings. The molecule has 0 aliphatic carbocycles. The number of nitrogens with zero attached hydrogens (tertiary/aromatic N) is 2. The number of aromatic nitrogens is 2. The van der Waals surface area contributed by atoms with E-state index >= 15 is 0 Å². The molecule has 1 aromatic heterocycles. The fourth-order valence-corrected chi connectivity index (χ4v) is 7.44. The Kier molecular flexibility index (Phi) is 8.00. The smallest absolute Gasteiger partial charge is 0.344 e. The van der Waals surface area contributed by atoms with Crippen molar-refractivity contribution in [1.82, 2.24) is 19.2 Å². The second-order valence-electron chi connectivity index (χ2n) is 9.86. The number of rotatable bonds is 8. The zero-order chi connectivity index (χ0) is 31.2. The topological polar surface area (TPSA) is 162 Å². The highest BCUT2D eigenvalue weighted by Crippen LogP contribution is 2.56. The fraction of sp³-hybridized carbons (Fsp3) is 0.222. The van der Waals surface area contributed by atoms with Gasteiger partial charge in [-0.05, 0) is 53.2 Å². The number of sulfonamides is 1. The van der Waals surface area contributed by atoms with E-state index in [1.165, 1.54) is 48.5 Å². The number of aromatic amines is 1. The Labute approximate surface area is 245 Å². The molecular weight excluding hydrogens is 613 g/mol. The molecule has 16 heteroatoms. The van der Waals surface area contributed by atoms with Crippen LogP contribution in [0.5, 0.6) is 0 Å². The molecule has 228 valence electrons. The quantitative estimate of drug-likeness (QED) is 0.194. The highest BCUT2D eigenvalue weighted by atomic mass is 32.3. The molecule has 1 saturated heterocycles. The van der Waals surface area contributed by atoms with Crippen molar-refractivity contribution in [2.75, 3.05) is 0 Å². The first-order valence-electron chi connectivity index (χ1n) is 12.7. The molecule has 2 atom stereocenters. The minimum absolute atomic E-state index is 0.00922. The van der Waals surface area contributed by atoms with Crippen LogP contribution < -0.4 is 4.72 Å². The number of alkyl halides is 3. The Morgan fingerprint density at radius 1 is 1.09 bits per heavy atom. The standard InChI is InChI=1S/C27H25F3N4O7S2/c1-16-6-12-19(13-7-16)43(39,40)34(41-26(36)27(28,29)30)22(25-31-20-4-2-3-5-21(20)32-25)14-17-8-10-18(11-9-17)23-15-24(35)33-42(23,37)38/h2-13,22-23,37-38H,14-15H2,1H3,(H,31,32)(H,33,35)/t22-,23?/m0/s1. The predicted molar refractivity (Wildman–Crippen MR) is 150 cm³/mol. The molecule has 1 aliphatic heterocycles. The lowest BCUT2D eigenvalue weighted by atomic mass is 10.0. The summed E-state index contributed by atoms with van der Waals surface area (Å²) in [6, 6.07) is 16.2. The molecule has 11 nitrogen and oxygen atoms in total. The molecule has 0 spiro atoms. The second-order valence-corrected chi connectivity index (χ2v) is 13.6. The van der Waals surface area contributed by atoms with Gasteiger partial charge in [0, 0.05) is 0 Å². The van der Waals surface area contributed by atoms with Crippen LogP contribution in [-0.4, -0.2) is 50.0 Å². The maximum atomic E-state index is 13.8. The summed E-state index contributed by atoms with van der Waals surface area (Å²) in [7, 11) is -8.34. The van der Waals surface area contributed by atoms with Gasteiger partial charge in [-0.15, -0.1) is 10.8 Å². The van der Waals surface area contributed by atoms with E-state index in [9.17, 15) is 40.3 Å². The molecule has 4 N–H and O–H groups in total. The Bertz CT molecular complexity index is 1740. The molecular formula is C27H25F3N4O7S2. The van der Waals surface area contributed by atoms with E-state index in [4.69, 9.17) is 0 Å². The molecule has 1 amide bonds. The number of para-hydroxylation sites is 2. The Balaban J connectivity index is 1.59. The molecule has 2 heterocycles. The van der Waals surface area contributed by atoms with Gasteiger partial charge >= 0.3 is 12.1 Å². The average Bonchev–Trinajstić information content (AvgIpc) is 3.49. The number of amides is 1. The summed E-state index contributed by atoms with van der Waals surface area (Å²) in [5.74, 6) is -3.39. The predicted octanol–water partition coefficient (Wildman–Crippen LogP) is 5.09. The number of halogens is 3. The number of carbonyl (C=O) groups is 2. The van der Waals surface area contributed by atoms with Gasteiger partial charge in [0.05, 0.1) is 22.3 Å². The van der Waals surface area contributed by atoms with E-state index in [1.54, 1.807) is 31.2 Å². The molecule has 0 bridgehead atoms. The molecule has 0 radical (unpaired) electrons. The van der Waals surface area contributed by atoms with Crippen LogP contribution in [0, 0.1) is 6.92 Å². The molecule has 1 unspecified atom stereocenters. The zero-order valence-electron chi connectivity index (χ0n) is 22.3. The van der Waals surface area contributed by atoms with Gasteiger partial charge in [0.15, 0.2) is 0 Å². The highest BCUT2D eigenvalue weighted by Gasteiger charge is 2.47. The van der Waals surface area contributed by atoms with Gasteiger partial charge in [-0.1, -0.05) is 54.1 Å². The van der Waals surface area contributed by atoms with Crippen molar-refractivity contribution in [2.45, 2.75) is 42.1 Å². The van der Waals surface area contributed by atoms with Crippen LogP contribution in [-0.2, 0) is 30.9 Å². The van der Waals surface area contributed by atoms with Gasteiger partial charge in [0.1, 0.15) is 17.1 Å². The van der Waals surface area contributed by atoms with Crippen molar-refractivity contribution < 1.29 is 45.1 Å². The molecule has 43 heavy (non-hydrogen) atoms. The SMILES string of the molecule is Cc1ccc(S(=O)(=O)N(OC(=O)C(F)(F)F)[C@@H](Cc2ccc(C3CC(=O)NS3(O)O)cc2)c2nc3ccccc3[nH]2)cc1. The third kappa shape index (κ3) is 6.37. The summed E-state index contributed by atoms with van der Waals surface area (Å²) < 4.78 is 90.4. The van der Waals surface area contributed by atoms with Gasteiger partial charge < -0.3 is 9.82 Å². The van der Waals surface area contributed by atoms with Crippen LogP contribution in [0.1, 0.15) is 40.2 Å². The van der Waals surface area contributed by atoms with E-state index in [0.717, 1.165) is 0 Å². The van der Waals surface area contributed by atoms with Crippen molar-refractivity contribution in [3.05, 3.63) is 95.3 Å². The fourth-order valence-electron chi connectivity index (χ4n) is 4.59.